The van der Waals surface area contributed by atoms with E-state index in [9.17, 15) is 9.59 Å². The molecule has 0 N–H and O–H groups in total. The van der Waals surface area contributed by atoms with E-state index in [1.807, 2.05) is 69.3 Å². The van der Waals surface area contributed by atoms with Gasteiger partial charge in [-0.1, -0.05) is 53.5 Å². The number of rotatable bonds is 10. The first kappa shape index (κ1) is 40.2. The Kier molecular flexibility index (Phi) is 12.9. The van der Waals surface area contributed by atoms with Crippen LogP contribution in [0.2, 0.25) is 10.0 Å². The first-order valence-corrected chi connectivity index (χ1v) is 19.3. The van der Waals surface area contributed by atoms with Crippen molar-refractivity contribution in [2.45, 2.75) is 65.3 Å². The first-order valence-electron chi connectivity index (χ1n) is 18.6. The molecule has 4 aromatic rings. The number of methoxy groups -OCH3 is 2. The zero-order valence-corrected chi connectivity index (χ0v) is 33.9. The predicted octanol–water partition coefficient (Wildman–Crippen LogP) is 8.38. The van der Waals surface area contributed by atoms with E-state index in [2.05, 4.69) is 16.0 Å². The molecule has 2 fully saturated rings. The number of piperidine rings is 1. The van der Waals surface area contributed by atoms with Gasteiger partial charge in [-0.25, -0.2) is 9.78 Å². The highest BCUT2D eigenvalue weighted by Gasteiger charge is 2.33. The topological polar surface area (TPSA) is 107 Å². The van der Waals surface area contributed by atoms with Gasteiger partial charge in [0, 0.05) is 85.3 Å². The second-order valence-electron chi connectivity index (χ2n) is 14.8. The molecule has 4 heterocycles. The van der Waals surface area contributed by atoms with Gasteiger partial charge in [0.25, 0.3) is 0 Å². The van der Waals surface area contributed by atoms with E-state index in [-0.39, 0.29) is 18.5 Å². The van der Waals surface area contributed by atoms with Crippen molar-refractivity contribution in [2.24, 2.45) is 0 Å². The van der Waals surface area contributed by atoms with E-state index >= 15 is 0 Å². The summed E-state index contributed by atoms with van der Waals surface area (Å²) in [7, 11) is 3.23. The Bertz CT molecular complexity index is 2010. The van der Waals surface area contributed by atoms with Crippen molar-refractivity contribution < 1.29 is 28.5 Å². The highest BCUT2D eigenvalue weighted by atomic mass is 35.5. The summed E-state index contributed by atoms with van der Waals surface area (Å²) in [5.74, 6) is 1.16. The van der Waals surface area contributed by atoms with Crippen LogP contribution in [0.4, 0.5) is 4.79 Å². The van der Waals surface area contributed by atoms with E-state index in [1.54, 1.807) is 37.1 Å². The number of amides is 2. The number of hydrogen-bond donors (Lipinski definition) is 0. The molecule has 2 saturated heterocycles. The fraction of sp³-hybridized carbons (Fsp3) is 0.429. The van der Waals surface area contributed by atoms with Gasteiger partial charge < -0.3 is 28.7 Å². The maximum atomic E-state index is 13.6. The maximum Gasteiger partial charge on any atom is 0.410 e. The van der Waals surface area contributed by atoms with Crippen molar-refractivity contribution in [1.29, 1.82) is 0 Å². The van der Waals surface area contributed by atoms with Gasteiger partial charge in [-0.3, -0.25) is 14.7 Å². The molecule has 292 valence electrons. The zero-order valence-electron chi connectivity index (χ0n) is 32.4. The van der Waals surface area contributed by atoms with Crippen LogP contribution in [0.15, 0.2) is 60.8 Å². The predicted molar refractivity (Wildman–Crippen MR) is 215 cm³/mol. The standard InChI is InChI=1S/C42H49Cl2N5O6/c1-27(50)48-18-15-31(16-19-48)49(41(51)55-42(2,3)4)26-30-12-13-35(46-40(30)53-6)34-9-7-8-32(37(34)43)33-14-17-45-39(38(33)44)28-10-11-29(36(24-28)52-5)25-47-20-22-54-23-21-47/h7-14,17,24,31H,15-16,18-23,25-26H2,1-6H3. The molecule has 2 aliphatic heterocycles. The molecule has 0 aliphatic carbocycles. The largest absolute Gasteiger partial charge is 0.496 e. The lowest BCUT2D eigenvalue weighted by Gasteiger charge is -2.39. The summed E-state index contributed by atoms with van der Waals surface area (Å²) in [4.78, 5) is 41.0. The van der Waals surface area contributed by atoms with Crippen molar-refractivity contribution in [1.82, 2.24) is 24.7 Å². The fourth-order valence-corrected chi connectivity index (χ4v) is 7.72. The third-order valence-corrected chi connectivity index (χ3v) is 10.8. The lowest BCUT2D eigenvalue weighted by Crippen LogP contribution is -2.49. The number of likely N-dealkylation sites (tertiary alicyclic amines) is 1. The number of nitrogens with zero attached hydrogens (tertiary/aromatic N) is 5. The number of hydrogen-bond acceptors (Lipinski definition) is 9. The first-order chi connectivity index (χ1) is 26.4. The fourth-order valence-electron chi connectivity index (χ4n) is 7.07. The highest BCUT2D eigenvalue weighted by Crippen LogP contribution is 2.42. The van der Waals surface area contributed by atoms with Crippen LogP contribution in [0.5, 0.6) is 11.6 Å². The summed E-state index contributed by atoms with van der Waals surface area (Å²) in [5.41, 5.74) is 5.29. The van der Waals surface area contributed by atoms with Crippen LogP contribution >= 0.6 is 23.2 Å². The number of halogens is 2. The van der Waals surface area contributed by atoms with Crippen LogP contribution in [0.25, 0.3) is 33.6 Å². The van der Waals surface area contributed by atoms with Gasteiger partial charge in [0.2, 0.25) is 11.8 Å². The third kappa shape index (κ3) is 9.52. The van der Waals surface area contributed by atoms with Crippen LogP contribution in [0, 0.1) is 0 Å². The number of aromatic nitrogens is 2. The van der Waals surface area contributed by atoms with E-state index in [4.69, 9.17) is 47.1 Å². The quantitative estimate of drug-likeness (QED) is 0.157. The Hall–Kier alpha value is -4.42. The Balaban J connectivity index is 1.27. The zero-order chi connectivity index (χ0) is 39.3. The van der Waals surface area contributed by atoms with Gasteiger partial charge in [0.15, 0.2) is 0 Å². The van der Waals surface area contributed by atoms with E-state index in [0.717, 1.165) is 60.9 Å². The van der Waals surface area contributed by atoms with Gasteiger partial charge in [0.05, 0.1) is 55.4 Å². The van der Waals surface area contributed by atoms with Crippen molar-refractivity contribution in [2.75, 3.05) is 53.6 Å². The van der Waals surface area contributed by atoms with Crippen LogP contribution in [0.3, 0.4) is 0 Å². The Morgan fingerprint density at radius 1 is 0.891 bits per heavy atom. The smallest absolute Gasteiger partial charge is 0.410 e. The molecule has 2 aromatic carbocycles. The summed E-state index contributed by atoms with van der Waals surface area (Å²) in [6.45, 7) is 12.4. The van der Waals surface area contributed by atoms with Crippen molar-refractivity contribution in [3.63, 3.8) is 0 Å². The van der Waals surface area contributed by atoms with Crippen molar-refractivity contribution >= 4 is 35.2 Å². The van der Waals surface area contributed by atoms with Gasteiger partial charge >= 0.3 is 6.09 Å². The average molecular weight is 791 g/mol. The van der Waals surface area contributed by atoms with Gasteiger partial charge in [0.1, 0.15) is 11.4 Å². The second-order valence-corrected chi connectivity index (χ2v) is 15.6. The molecule has 0 bridgehead atoms. The Morgan fingerprint density at radius 3 is 2.25 bits per heavy atom. The normalized spacial score (nSPS) is 15.5. The summed E-state index contributed by atoms with van der Waals surface area (Å²) in [5, 5.41) is 0.927. The van der Waals surface area contributed by atoms with Crippen molar-refractivity contribution in [3.8, 4) is 45.3 Å². The minimum atomic E-state index is -0.678. The van der Waals surface area contributed by atoms with Crippen LogP contribution in [0.1, 0.15) is 51.7 Å². The van der Waals surface area contributed by atoms with Crippen LogP contribution in [-0.4, -0.2) is 102 Å². The lowest BCUT2D eigenvalue weighted by atomic mass is 9.99. The average Bonchev–Trinajstić information content (AvgIpc) is 3.17. The minimum Gasteiger partial charge on any atom is -0.496 e. The maximum absolute atomic E-state index is 13.6. The number of carbonyl (C=O) groups is 2. The molecule has 2 aliphatic rings. The SMILES string of the molecule is COc1cc(-c2nccc(-c3cccc(-c4ccc(CN(C(=O)OC(C)(C)C)C5CCN(C(C)=O)CC5)c(OC)n4)c3Cl)c2Cl)ccc1CN1CCOCC1. The summed E-state index contributed by atoms with van der Waals surface area (Å²) < 4.78 is 22.9. The Labute approximate surface area is 333 Å². The van der Waals surface area contributed by atoms with Gasteiger partial charge in [-0.2, -0.15) is 0 Å². The molecular formula is C42H49Cl2N5O6. The second kappa shape index (κ2) is 17.6. The van der Waals surface area contributed by atoms with Gasteiger partial charge in [-0.05, 0) is 57.9 Å². The molecule has 11 nitrogen and oxygen atoms in total. The minimum absolute atomic E-state index is 0.0312. The molecule has 55 heavy (non-hydrogen) atoms. The third-order valence-electron chi connectivity index (χ3n) is 9.96. The van der Waals surface area contributed by atoms with Crippen molar-refractivity contribution in [3.05, 3.63) is 82.0 Å². The van der Waals surface area contributed by atoms with E-state index in [0.29, 0.717) is 64.4 Å². The molecule has 0 spiro atoms. The molecule has 0 atom stereocenters. The van der Waals surface area contributed by atoms with Crippen LogP contribution < -0.4 is 9.47 Å². The molecule has 0 radical (unpaired) electrons. The molecule has 13 heteroatoms. The highest BCUT2D eigenvalue weighted by molar-refractivity contribution is 6.39. The summed E-state index contributed by atoms with van der Waals surface area (Å²) in [6.07, 6.45) is 2.58. The van der Waals surface area contributed by atoms with Crippen LogP contribution in [-0.2, 0) is 27.4 Å². The number of morpholine rings is 1. The molecule has 0 unspecified atom stereocenters. The summed E-state index contributed by atoms with van der Waals surface area (Å²) >= 11 is 14.3. The lowest BCUT2D eigenvalue weighted by molar-refractivity contribution is -0.130. The molecule has 2 amide bonds. The Morgan fingerprint density at radius 2 is 1.58 bits per heavy atom. The number of ether oxygens (including phenoxy) is 4. The number of pyridine rings is 2. The summed E-state index contributed by atoms with van der Waals surface area (Å²) in [6, 6.07) is 17.3. The van der Waals surface area contributed by atoms with E-state index in [1.165, 1.54) is 0 Å². The molecule has 0 saturated carbocycles. The molecule has 6 rings (SSSR count). The van der Waals surface area contributed by atoms with Gasteiger partial charge in [-0.15, -0.1) is 0 Å². The number of benzene rings is 2. The molecule has 2 aromatic heterocycles. The van der Waals surface area contributed by atoms with E-state index < -0.39 is 11.7 Å². The molecular weight excluding hydrogens is 741 g/mol. The monoisotopic (exact) mass is 789 g/mol. The number of carbonyl (C=O) groups excluding carboxylic acids is 2.